The van der Waals surface area contributed by atoms with E-state index in [0.717, 1.165) is 12.4 Å². The normalized spacial score (nSPS) is 11.0. The Bertz CT molecular complexity index is 92.6. The minimum atomic E-state index is 0.732. The SMILES string of the molecule is C=C/C=C(\C)OCC. The Kier molecular flexibility index (Phi) is 4.04. The lowest BCUT2D eigenvalue weighted by Crippen LogP contribution is -1.84. The Balaban J connectivity index is 3.44. The van der Waals surface area contributed by atoms with E-state index in [1.165, 1.54) is 0 Å². The summed E-state index contributed by atoms with van der Waals surface area (Å²) in [5.41, 5.74) is 0. The van der Waals surface area contributed by atoms with E-state index in [0.29, 0.717) is 0 Å². The third kappa shape index (κ3) is 3.47. The Morgan fingerprint density at radius 1 is 1.75 bits per heavy atom. The van der Waals surface area contributed by atoms with Crippen LogP contribution in [0.25, 0.3) is 0 Å². The van der Waals surface area contributed by atoms with E-state index in [4.69, 9.17) is 4.74 Å². The van der Waals surface area contributed by atoms with Gasteiger partial charge in [-0.3, -0.25) is 0 Å². The van der Waals surface area contributed by atoms with E-state index in [-0.39, 0.29) is 0 Å². The minimum Gasteiger partial charge on any atom is -0.499 e. The van der Waals surface area contributed by atoms with Crippen LogP contribution in [0.15, 0.2) is 24.5 Å². The van der Waals surface area contributed by atoms with Crippen molar-refractivity contribution in [3.05, 3.63) is 24.5 Å². The molecule has 1 heteroatoms. The van der Waals surface area contributed by atoms with Gasteiger partial charge in [0.1, 0.15) is 0 Å². The van der Waals surface area contributed by atoms with E-state index in [9.17, 15) is 0 Å². The van der Waals surface area contributed by atoms with Crippen LogP contribution in [-0.4, -0.2) is 6.61 Å². The Morgan fingerprint density at radius 2 is 2.38 bits per heavy atom. The molecule has 0 atom stereocenters. The molecule has 0 fully saturated rings. The molecule has 0 spiro atoms. The second kappa shape index (κ2) is 4.44. The van der Waals surface area contributed by atoms with Gasteiger partial charge in [-0.15, -0.1) is 0 Å². The van der Waals surface area contributed by atoms with Crippen LogP contribution < -0.4 is 0 Å². The molecule has 0 bridgehead atoms. The van der Waals surface area contributed by atoms with Crippen molar-refractivity contribution in [2.24, 2.45) is 0 Å². The zero-order valence-electron chi connectivity index (χ0n) is 5.48. The van der Waals surface area contributed by atoms with E-state index in [1.54, 1.807) is 6.08 Å². The molecule has 8 heavy (non-hydrogen) atoms. The van der Waals surface area contributed by atoms with Gasteiger partial charge >= 0.3 is 0 Å². The molecule has 0 unspecified atom stereocenters. The molecule has 0 radical (unpaired) electrons. The minimum absolute atomic E-state index is 0.732. The Morgan fingerprint density at radius 3 is 2.75 bits per heavy atom. The zero-order chi connectivity index (χ0) is 6.41. The number of allylic oxidation sites excluding steroid dienone is 3. The van der Waals surface area contributed by atoms with Crippen LogP contribution in [0.4, 0.5) is 0 Å². The van der Waals surface area contributed by atoms with Crippen LogP contribution in [0.5, 0.6) is 0 Å². The van der Waals surface area contributed by atoms with Gasteiger partial charge in [-0.1, -0.05) is 12.7 Å². The lowest BCUT2D eigenvalue weighted by Gasteiger charge is -1.98. The van der Waals surface area contributed by atoms with Crippen molar-refractivity contribution in [1.29, 1.82) is 0 Å². The number of hydrogen-bond donors (Lipinski definition) is 0. The number of rotatable bonds is 3. The van der Waals surface area contributed by atoms with Crippen molar-refractivity contribution in [1.82, 2.24) is 0 Å². The molecular formula is C7H12O. The van der Waals surface area contributed by atoms with Crippen LogP contribution in [-0.2, 0) is 4.74 Å². The Hall–Kier alpha value is -0.720. The first-order valence-electron chi connectivity index (χ1n) is 2.73. The van der Waals surface area contributed by atoms with Crippen molar-refractivity contribution < 1.29 is 4.74 Å². The molecule has 0 amide bonds. The van der Waals surface area contributed by atoms with Crippen molar-refractivity contribution in [2.45, 2.75) is 13.8 Å². The van der Waals surface area contributed by atoms with Crippen LogP contribution in [0.2, 0.25) is 0 Å². The average Bonchev–Trinajstić information content (AvgIpc) is 1.68. The van der Waals surface area contributed by atoms with Gasteiger partial charge < -0.3 is 4.74 Å². The highest BCUT2D eigenvalue weighted by molar-refractivity contribution is 5.01. The maximum absolute atomic E-state index is 5.07. The molecule has 0 N–H and O–H groups in total. The van der Waals surface area contributed by atoms with Gasteiger partial charge in [-0.2, -0.15) is 0 Å². The summed E-state index contributed by atoms with van der Waals surface area (Å²) in [5.74, 6) is 0.919. The molecule has 0 rings (SSSR count). The highest BCUT2D eigenvalue weighted by atomic mass is 16.5. The molecule has 0 aromatic heterocycles. The average molecular weight is 112 g/mol. The van der Waals surface area contributed by atoms with Crippen LogP contribution in [0, 0.1) is 0 Å². The molecule has 0 aliphatic rings. The van der Waals surface area contributed by atoms with E-state index >= 15 is 0 Å². The van der Waals surface area contributed by atoms with Crippen molar-refractivity contribution >= 4 is 0 Å². The van der Waals surface area contributed by atoms with E-state index in [2.05, 4.69) is 6.58 Å². The first-order chi connectivity index (χ1) is 3.81. The molecular weight excluding hydrogens is 100 g/mol. The molecule has 0 aliphatic heterocycles. The van der Waals surface area contributed by atoms with Crippen LogP contribution >= 0.6 is 0 Å². The molecule has 0 aliphatic carbocycles. The van der Waals surface area contributed by atoms with Gasteiger partial charge in [-0.25, -0.2) is 0 Å². The second-order valence-corrected chi connectivity index (χ2v) is 1.45. The summed E-state index contributed by atoms with van der Waals surface area (Å²) in [4.78, 5) is 0. The molecule has 1 nitrogen and oxygen atoms in total. The third-order valence-corrected chi connectivity index (χ3v) is 0.725. The lowest BCUT2D eigenvalue weighted by atomic mass is 10.5. The summed E-state index contributed by atoms with van der Waals surface area (Å²) >= 11 is 0. The van der Waals surface area contributed by atoms with Crippen molar-refractivity contribution in [2.75, 3.05) is 6.61 Å². The fourth-order valence-corrected chi connectivity index (χ4v) is 0.442. The molecule has 0 saturated carbocycles. The molecule has 0 aromatic rings. The first kappa shape index (κ1) is 7.28. The van der Waals surface area contributed by atoms with Gasteiger partial charge in [0, 0.05) is 0 Å². The van der Waals surface area contributed by atoms with Gasteiger partial charge in [-0.05, 0) is 19.9 Å². The van der Waals surface area contributed by atoms with E-state index in [1.807, 2.05) is 19.9 Å². The Labute approximate surface area is 50.7 Å². The zero-order valence-corrected chi connectivity index (χ0v) is 5.48. The maximum Gasteiger partial charge on any atom is 0.0928 e. The first-order valence-corrected chi connectivity index (χ1v) is 2.73. The summed E-state index contributed by atoms with van der Waals surface area (Å²) in [6, 6.07) is 0. The molecule has 0 saturated heterocycles. The summed E-state index contributed by atoms with van der Waals surface area (Å²) in [6.45, 7) is 8.13. The maximum atomic E-state index is 5.07. The molecule has 0 heterocycles. The lowest BCUT2D eigenvalue weighted by molar-refractivity contribution is 0.231. The third-order valence-electron chi connectivity index (χ3n) is 0.725. The van der Waals surface area contributed by atoms with Gasteiger partial charge in [0.05, 0.1) is 12.4 Å². The fraction of sp³-hybridized carbons (Fsp3) is 0.429. The predicted molar refractivity (Wildman–Crippen MR) is 35.6 cm³/mol. The highest BCUT2D eigenvalue weighted by Crippen LogP contribution is 1.92. The summed E-state index contributed by atoms with van der Waals surface area (Å²) in [7, 11) is 0. The number of ether oxygens (including phenoxy) is 1. The summed E-state index contributed by atoms with van der Waals surface area (Å²) in [6.07, 6.45) is 3.55. The largest absolute Gasteiger partial charge is 0.499 e. The van der Waals surface area contributed by atoms with E-state index < -0.39 is 0 Å². The molecule has 0 aromatic carbocycles. The van der Waals surface area contributed by atoms with Gasteiger partial charge in [0.25, 0.3) is 0 Å². The summed E-state index contributed by atoms with van der Waals surface area (Å²) < 4.78 is 5.07. The monoisotopic (exact) mass is 112 g/mol. The highest BCUT2D eigenvalue weighted by Gasteiger charge is 1.79. The number of hydrogen-bond acceptors (Lipinski definition) is 1. The van der Waals surface area contributed by atoms with Crippen molar-refractivity contribution in [3.8, 4) is 0 Å². The smallest absolute Gasteiger partial charge is 0.0928 e. The second-order valence-electron chi connectivity index (χ2n) is 1.45. The fourth-order valence-electron chi connectivity index (χ4n) is 0.442. The standard InChI is InChI=1S/C7H12O/c1-4-6-7(3)8-5-2/h4,6H,1,5H2,2-3H3/b7-6+. The topological polar surface area (TPSA) is 9.23 Å². The van der Waals surface area contributed by atoms with Crippen molar-refractivity contribution in [3.63, 3.8) is 0 Å². The predicted octanol–water partition coefficient (Wildman–Crippen LogP) is 2.11. The van der Waals surface area contributed by atoms with Gasteiger partial charge in [0.2, 0.25) is 0 Å². The molecule has 46 valence electrons. The quantitative estimate of drug-likeness (QED) is 0.401. The van der Waals surface area contributed by atoms with Crippen LogP contribution in [0.3, 0.4) is 0 Å². The van der Waals surface area contributed by atoms with Crippen LogP contribution in [0.1, 0.15) is 13.8 Å². The van der Waals surface area contributed by atoms with Gasteiger partial charge in [0.15, 0.2) is 0 Å². The summed E-state index contributed by atoms with van der Waals surface area (Å²) in [5, 5.41) is 0.